The maximum absolute atomic E-state index is 12.0. The van der Waals surface area contributed by atoms with Crippen LogP contribution in [0.15, 0.2) is 23.2 Å². The zero-order valence-corrected chi connectivity index (χ0v) is 17.0. The Morgan fingerprint density at radius 3 is 2.32 bits per heavy atom. The number of rotatable bonds is 8. The van der Waals surface area contributed by atoms with Crippen molar-refractivity contribution in [3.63, 3.8) is 0 Å². The Hall–Kier alpha value is -1.76. The molecule has 1 unspecified atom stereocenters. The molecule has 142 valence electrons. The van der Waals surface area contributed by atoms with E-state index in [4.69, 9.17) is 9.47 Å². The fourth-order valence-corrected chi connectivity index (χ4v) is 3.05. The van der Waals surface area contributed by atoms with E-state index in [1.165, 1.54) is 0 Å². The van der Waals surface area contributed by atoms with E-state index in [0.717, 1.165) is 30.0 Å². The van der Waals surface area contributed by atoms with Gasteiger partial charge in [0.15, 0.2) is 17.5 Å². The highest BCUT2D eigenvalue weighted by atomic mass is 32.2. The van der Waals surface area contributed by atoms with Crippen LogP contribution in [0.1, 0.15) is 26.3 Å². The number of nitrogens with one attached hydrogen (secondary N) is 2. The zero-order chi connectivity index (χ0) is 18.9. The minimum Gasteiger partial charge on any atom is -0.493 e. The van der Waals surface area contributed by atoms with Crippen molar-refractivity contribution >= 4 is 16.8 Å². The first-order valence-electron chi connectivity index (χ1n) is 8.35. The topological polar surface area (TPSA) is 72.0 Å². The normalized spacial score (nSPS) is 13.3. The number of guanidine groups is 1. The number of benzene rings is 1. The maximum atomic E-state index is 12.0. The molecule has 0 radical (unpaired) electrons. The lowest BCUT2D eigenvalue weighted by molar-refractivity contribution is 0.354. The summed E-state index contributed by atoms with van der Waals surface area (Å²) >= 11 is 0. The molecule has 0 aliphatic carbocycles. The second kappa shape index (κ2) is 10.3. The summed E-state index contributed by atoms with van der Waals surface area (Å²) < 4.78 is 22.4. The van der Waals surface area contributed by atoms with Crippen molar-refractivity contribution in [2.45, 2.75) is 31.9 Å². The number of hydrogen-bond donors (Lipinski definition) is 2. The lowest BCUT2D eigenvalue weighted by atomic mass is 10.1. The van der Waals surface area contributed by atoms with E-state index >= 15 is 0 Å². The highest BCUT2D eigenvalue weighted by Gasteiger charge is 2.18. The van der Waals surface area contributed by atoms with Gasteiger partial charge in [0.1, 0.15) is 0 Å². The van der Waals surface area contributed by atoms with Gasteiger partial charge in [-0.2, -0.15) is 0 Å². The molecule has 1 aromatic carbocycles. The Labute approximate surface area is 153 Å². The highest BCUT2D eigenvalue weighted by molar-refractivity contribution is 7.86. The van der Waals surface area contributed by atoms with Crippen LogP contribution in [-0.4, -0.2) is 55.0 Å². The van der Waals surface area contributed by atoms with Crippen molar-refractivity contribution in [2.75, 3.05) is 40.1 Å². The molecule has 0 bridgehead atoms. The third kappa shape index (κ3) is 7.34. The van der Waals surface area contributed by atoms with Gasteiger partial charge in [0.25, 0.3) is 0 Å². The molecule has 1 atom stereocenters. The van der Waals surface area contributed by atoms with Crippen LogP contribution in [0.25, 0.3) is 0 Å². The molecule has 25 heavy (non-hydrogen) atoms. The molecule has 1 rings (SSSR count). The minimum atomic E-state index is -0.869. The van der Waals surface area contributed by atoms with Crippen LogP contribution in [0.3, 0.4) is 0 Å². The summed E-state index contributed by atoms with van der Waals surface area (Å²) in [6, 6.07) is 5.90. The largest absolute Gasteiger partial charge is 0.493 e. The SMILES string of the molecule is CN=C(NCCc1ccc(OC)c(OC)c1)NCCS(=O)C(C)(C)C. The predicted octanol–water partition coefficient (Wildman–Crippen LogP) is 1.96. The first kappa shape index (κ1) is 21.3. The van der Waals surface area contributed by atoms with E-state index < -0.39 is 10.8 Å². The molecule has 0 aromatic heterocycles. The molecule has 0 heterocycles. The molecule has 2 N–H and O–H groups in total. The van der Waals surface area contributed by atoms with Crippen LogP contribution in [0.2, 0.25) is 0 Å². The Morgan fingerprint density at radius 1 is 1.12 bits per heavy atom. The van der Waals surface area contributed by atoms with Gasteiger partial charge in [-0.15, -0.1) is 0 Å². The summed E-state index contributed by atoms with van der Waals surface area (Å²) in [7, 11) is 4.12. The first-order chi connectivity index (χ1) is 11.8. The maximum Gasteiger partial charge on any atom is 0.191 e. The summed E-state index contributed by atoms with van der Waals surface area (Å²) in [5.41, 5.74) is 1.15. The van der Waals surface area contributed by atoms with Gasteiger partial charge in [-0.05, 0) is 44.9 Å². The lowest BCUT2D eigenvalue weighted by Crippen LogP contribution is -2.41. The van der Waals surface area contributed by atoms with E-state index in [0.29, 0.717) is 18.3 Å². The Balaban J connectivity index is 2.42. The van der Waals surface area contributed by atoms with Gasteiger partial charge in [0.05, 0.1) is 14.2 Å². The summed E-state index contributed by atoms with van der Waals surface area (Å²) in [5.74, 6) is 2.77. The van der Waals surface area contributed by atoms with E-state index in [1.807, 2.05) is 39.0 Å². The van der Waals surface area contributed by atoms with Gasteiger partial charge in [0, 0.05) is 41.4 Å². The molecular formula is C18H31N3O3S. The van der Waals surface area contributed by atoms with Crippen molar-refractivity contribution in [2.24, 2.45) is 4.99 Å². The average Bonchev–Trinajstić information content (AvgIpc) is 2.59. The van der Waals surface area contributed by atoms with E-state index in [-0.39, 0.29) is 4.75 Å². The van der Waals surface area contributed by atoms with Crippen LogP contribution in [-0.2, 0) is 17.2 Å². The predicted molar refractivity (Wildman–Crippen MR) is 105 cm³/mol. The van der Waals surface area contributed by atoms with Crippen LogP contribution < -0.4 is 20.1 Å². The van der Waals surface area contributed by atoms with Gasteiger partial charge < -0.3 is 20.1 Å². The first-order valence-corrected chi connectivity index (χ1v) is 9.67. The van der Waals surface area contributed by atoms with Gasteiger partial charge in [-0.3, -0.25) is 9.20 Å². The smallest absolute Gasteiger partial charge is 0.191 e. The number of nitrogens with zero attached hydrogens (tertiary/aromatic N) is 1. The van der Waals surface area contributed by atoms with E-state index in [2.05, 4.69) is 15.6 Å². The molecule has 0 fully saturated rings. The van der Waals surface area contributed by atoms with Crippen LogP contribution in [0.5, 0.6) is 11.5 Å². The highest BCUT2D eigenvalue weighted by Crippen LogP contribution is 2.27. The van der Waals surface area contributed by atoms with Crippen molar-refractivity contribution in [1.82, 2.24) is 10.6 Å². The third-order valence-corrected chi connectivity index (χ3v) is 5.58. The third-order valence-electron chi connectivity index (χ3n) is 3.64. The fourth-order valence-electron chi connectivity index (χ4n) is 2.15. The molecule has 0 aliphatic rings. The van der Waals surface area contributed by atoms with Crippen LogP contribution >= 0.6 is 0 Å². The Kier molecular flexibility index (Phi) is 8.75. The van der Waals surface area contributed by atoms with Gasteiger partial charge in [-0.1, -0.05) is 6.07 Å². The number of ether oxygens (including phenoxy) is 2. The molecule has 0 aliphatic heterocycles. The molecule has 0 saturated heterocycles. The Morgan fingerprint density at radius 2 is 1.76 bits per heavy atom. The van der Waals surface area contributed by atoms with Crippen molar-refractivity contribution < 1.29 is 13.7 Å². The number of hydrogen-bond acceptors (Lipinski definition) is 4. The second-order valence-electron chi connectivity index (χ2n) is 6.53. The van der Waals surface area contributed by atoms with E-state index in [1.54, 1.807) is 21.3 Å². The molecule has 6 nitrogen and oxygen atoms in total. The van der Waals surface area contributed by atoms with Gasteiger partial charge >= 0.3 is 0 Å². The van der Waals surface area contributed by atoms with Crippen molar-refractivity contribution in [3.8, 4) is 11.5 Å². The quantitative estimate of drug-likeness (QED) is 0.541. The molecule has 0 spiro atoms. The molecular weight excluding hydrogens is 338 g/mol. The number of aliphatic imine (C=N–C) groups is 1. The summed E-state index contributed by atoms with van der Waals surface area (Å²) in [5, 5.41) is 6.46. The van der Waals surface area contributed by atoms with Gasteiger partial charge in [-0.25, -0.2) is 0 Å². The van der Waals surface area contributed by atoms with Gasteiger partial charge in [0.2, 0.25) is 0 Å². The molecule has 0 amide bonds. The summed E-state index contributed by atoms with van der Waals surface area (Å²) in [6.07, 6.45) is 0.828. The number of methoxy groups -OCH3 is 2. The minimum absolute atomic E-state index is 0.188. The average molecular weight is 370 g/mol. The monoisotopic (exact) mass is 369 g/mol. The molecule has 7 heteroatoms. The van der Waals surface area contributed by atoms with Crippen molar-refractivity contribution in [1.29, 1.82) is 0 Å². The standard InChI is InChI=1S/C18H31N3O3S/c1-18(2,3)25(22)12-11-21-17(19-4)20-10-9-14-7-8-15(23-5)16(13-14)24-6/h7-8,13H,9-12H2,1-6H3,(H2,19,20,21). The van der Waals surface area contributed by atoms with Crippen LogP contribution in [0, 0.1) is 0 Å². The lowest BCUT2D eigenvalue weighted by Gasteiger charge is -2.18. The molecule has 0 saturated carbocycles. The molecule has 1 aromatic rings. The van der Waals surface area contributed by atoms with Crippen LogP contribution in [0.4, 0.5) is 0 Å². The second-order valence-corrected chi connectivity index (χ2v) is 8.85. The fraction of sp³-hybridized carbons (Fsp3) is 0.611. The van der Waals surface area contributed by atoms with E-state index in [9.17, 15) is 4.21 Å². The summed E-state index contributed by atoms with van der Waals surface area (Å²) in [6.45, 7) is 7.31. The zero-order valence-electron chi connectivity index (χ0n) is 16.1. The van der Waals surface area contributed by atoms with Crippen molar-refractivity contribution in [3.05, 3.63) is 23.8 Å². The Bertz CT molecular complexity index is 598. The summed E-state index contributed by atoms with van der Waals surface area (Å²) in [4.78, 5) is 4.19.